The van der Waals surface area contributed by atoms with Crippen molar-refractivity contribution in [1.29, 1.82) is 0 Å². The molecule has 3 aromatic heterocycles. The number of halogens is 3. The number of likely N-dealkylation sites (N-methyl/N-ethyl adjacent to an activating group) is 2. The Kier molecular flexibility index (Phi) is 14.3. The van der Waals surface area contributed by atoms with E-state index in [4.69, 9.17) is 14.5 Å². The molecule has 4 amide bonds. The average molecular weight is 938 g/mol. The van der Waals surface area contributed by atoms with Gasteiger partial charge in [0.05, 0.1) is 41.4 Å². The molecule has 3 aliphatic rings. The van der Waals surface area contributed by atoms with E-state index in [0.717, 1.165) is 6.29 Å². The predicted molar refractivity (Wildman–Crippen MR) is 245 cm³/mol. The molecular weight excluding hydrogens is 876 g/mol. The van der Waals surface area contributed by atoms with Crippen molar-refractivity contribution >= 4 is 46.4 Å². The van der Waals surface area contributed by atoms with Gasteiger partial charge in [-0.3, -0.25) is 19.6 Å². The first-order valence-electron chi connectivity index (χ1n) is 22.4. The lowest BCUT2D eigenvalue weighted by atomic mass is 9.84. The monoisotopic (exact) mass is 937 g/mol. The minimum Gasteiger partial charge on any atom is -0.378 e. The summed E-state index contributed by atoms with van der Waals surface area (Å²) in [5.74, 6) is -1.31. The van der Waals surface area contributed by atoms with Crippen molar-refractivity contribution < 1.29 is 41.8 Å². The summed E-state index contributed by atoms with van der Waals surface area (Å²) in [6, 6.07) is 6.63. The number of carbonyl (C=O) groups is 4. The number of hydrogen-bond donors (Lipinski definition) is 2. The van der Waals surface area contributed by atoms with Gasteiger partial charge < -0.3 is 38.9 Å². The van der Waals surface area contributed by atoms with Crippen LogP contribution in [0.4, 0.5) is 18.0 Å². The number of amides is 4. The Bertz CT molecular complexity index is 2430. The molecule has 6 heterocycles. The first-order chi connectivity index (χ1) is 31.1. The maximum absolute atomic E-state index is 14.7. The number of fused-ring (bicyclic) bond motifs is 6. The summed E-state index contributed by atoms with van der Waals surface area (Å²) >= 11 is 1.28. The van der Waals surface area contributed by atoms with Crippen LogP contribution in [-0.2, 0) is 43.2 Å². The first kappa shape index (κ1) is 49.0. The number of nitrogens with one attached hydrogen (secondary N) is 2. The van der Waals surface area contributed by atoms with Gasteiger partial charge in [0, 0.05) is 79.9 Å². The van der Waals surface area contributed by atoms with E-state index in [0.29, 0.717) is 75.6 Å². The molecule has 0 saturated carbocycles. The number of hydrazine groups is 1. The third-order valence-electron chi connectivity index (χ3n) is 13.0. The fourth-order valence-corrected chi connectivity index (χ4v) is 10.2. The molecule has 4 atom stereocenters. The van der Waals surface area contributed by atoms with Crippen molar-refractivity contribution in [3.8, 4) is 22.5 Å². The number of nitrogens with zero attached hydrogens (tertiary/aromatic N) is 7. The van der Waals surface area contributed by atoms with Crippen LogP contribution in [0.15, 0.2) is 41.9 Å². The molecule has 2 N–H and O–H groups in total. The van der Waals surface area contributed by atoms with E-state index < -0.39 is 53.7 Å². The number of benzene rings is 1. The SMILES string of the molecule is CO[C@@H](C)c1ncccc1-c1c2c3cc(ccc3n1CC(F)(F)F)-c1csc(n1)C[C@H](NC(=O)[C@H](C(C)C)N(C)C(=O)N1CC(N(C)C)C1)C(=O)N1CCC[C@](C=O)(COCC(C)(C)C2)N1. The Labute approximate surface area is 388 Å². The lowest BCUT2D eigenvalue weighted by molar-refractivity contribution is -0.147. The van der Waals surface area contributed by atoms with Gasteiger partial charge in [0.2, 0.25) is 5.91 Å². The quantitative estimate of drug-likeness (QED) is 0.178. The molecule has 66 heavy (non-hydrogen) atoms. The van der Waals surface area contributed by atoms with Gasteiger partial charge in [-0.05, 0) is 81.4 Å². The van der Waals surface area contributed by atoms with E-state index >= 15 is 0 Å². The van der Waals surface area contributed by atoms with Gasteiger partial charge in [0.25, 0.3) is 5.91 Å². The fraction of sp³-hybridized carbons (Fsp3) is 0.574. The molecular formula is C47H62F3N9O6S. The van der Waals surface area contributed by atoms with Crippen LogP contribution in [0, 0.1) is 11.3 Å². The van der Waals surface area contributed by atoms with Crippen LogP contribution in [0.25, 0.3) is 33.4 Å². The molecule has 19 heteroatoms. The van der Waals surface area contributed by atoms with Crippen LogP contribution in [0.5, 0.6) is 0 Å². The molecule has 0 aliphatic carbocycles. The number of pyridine rings is 1. The summed E-state index contributed by atoms with van der Waals surface area (Å²) in [5.41, 5.74) is 4.76. The normalized spacial score (nSPS) is 21.7. The summed E-state index contributed by atoms with van der Waals surface area (Å²) in [5, 5.41) is 7.29. The van der Waals surface area contributed by atoms with Gasteiger partial charge in [0.15, 0.2) is 0 Å². The van der Waals surface area contributed by atoms with Crippen molar-refractivity contribution in [3.63, 3.8) is 0 Å². The molecule has 358 valence electrons. The standard InChI is InChI=1S/C47H62F3N9O6S/c1-28(2)40(56(8)44(63)57-21-31(22-57)55(6)7)42(61)53-35-19-38-52-36(23-66-38)30-13-14-37-33(18-30)34(20-45(4,5)26-65-27-46(25-60)15-11-17-59(54-46)43(35)62)41(58(37)24-47(48,49)50)32-12-10-16-51-39(32)29(3)64-9/h10,12-14,16,18,23,25,28-29,31,35,40,54H,11,15,17,19-22,24,26-27H2,1-9H3,(H,53,61)/t29-,35-,40-,46-/m0/s1. The summed E-state index contributed by atoms with van der Waals surface area (Å²) in [6.07, 6.45) is -1.68. The zero-order valence-corrected chi connectivity index (χ0v) is 40.0. The zero-order chi connectivity index (χ0) is 47.9. The van der Waals surface area contributed by atoms with Crippen molar-refractivity contribution in [2.24, 2.45) is 11.3 Å². The molecule has 0 unspecified atom stereocenters. The second-order valence-electron chi connectivity index (χ2n) is 19.4. The summed E-state index contributed by atoms with van der Waals surface area (Å²) in [7, 11) is 7.04. The highest BCUT2D eigenvalue weighted by atomic mass is 32.1. The number of methoxy groups -OCH3 is 1. The predicted octanol–water partition coefficient (Wildman–Crippen LogP) is 6.11. The molecule has 4 aromatic rings. The first-order valence-corrected chi connectivity index (χ1v) is 23.3. The number of ether oxygens (including phenoxy) is 2. The number of aldehydes is 1. The molecule has 2 saturated heterocycles. The lowest BCUT2D eigenvalue weighted by Gasteiger charge is -2.45. The minimum atomic E-state index is -4.57. The largest absolute Gasteiger partial charge is 0.406 e. The lowest BCUT2D eigenvalue weighted by Crippen LogP contribution is -2.67. The van der Waals surface area contributed by atoms with E-state index in [2.05, 4.69) is 20.6 Å². The van der Waals surface area contributed by atoms with Crippen LogP contribution < -0.4 is 10.7 Å². The van der Waals surface area contributed by atoms with Crippen LogP contribution in [0.2, 0.25) is 0 Å². The molecule has 6 bridgehead atoms. The van der Waals surface area contributed by atoms with E-state index in [1.54, 1.807) is 49.3 Å². The van der Waals surface area contributed by atoms with Gasteiger partial charge in [-0.2, -0.15) is 13.2 Å². The van der Waals surface area contributed by atoms with Crippen molar-refractivity contribution in [2.75, 3.05) is 61.1 Å². The minimum absolute atomic E-state index is 0.0214. The van der Waals surface area contributed by atoms with E-state index in [9.17, 15) is 32.3 Å². The Morgan fingerprint density at radius 3 is 2.55 bits per heavy atom. The molecule has 1 aromatic carbocycles. The van der Waals surface area contributed by atoms with Gasteiger partial charge in [-0.15, -0.1) is 11.3 Å². The van der Waals surface area contributed by atoms with Gasteiger partial charge >= 0.3 is 12.2 Å². The molecule has 3 aliphatic heterocycles. The number of hydrogen-bond acceptors (Lipinski definition) is 11. The topological polar surface area (TPSA) is 154 Å². The molecule has 0 spiro atoms. The highest BCUT2D eigenvalue weighted by molar-refractivity contribution is 7.10. The number of thiazole rings is 1. The second-order valence-corrected chi connectivity index (χ2v) is 20.3. The van der Waals surface area contributed by atoms with E-state index in [1.165, 1.54) is 32.9 Å². The summed E-state index contributed by atoms with van der Waals surface area (Å²) < 4.78 is 57.3. The molecule has 7 rings (SSSR count). The van der Waals surface area contributed by atoms with Crippen LogP contribution in [-0.4, -0.2) is 149 Å². The molecule has 15 nitrogen and oxygen atoms in total. The zero-order valence-electron chi connectivity index (χ0n) is 39.2. The van der Waals surface area contributed by atoms with Crippen molar-refractivity contribution in [1.82, 2.24) is 45.0 Å². The highest BCUT2D eigenvalue weighted by Crippen LogP contribution is 2.43. The number of aromatic nitrogens is 3. The Morgan fingerprint density at radius 1 is 1.14 bits per heavy atom. The number of alkyl halides is 3. The van der Waals surface area contributed by atoms with E-state index in [1.807, 2.05) is 53.2 Å². The fourth-order valence-electron chi connectivity index (χ4n) is 9.39. The van der Waals surface area contributed by atoms with Crippen molar-refractivity contribution in [2.45, 2.75) is 103 Å². The van der Waals surface area contributed by atoms with Gasteiger partial charge in [-0.25, -0.2) is 15.2 Å². The number of likely N-dealkylation sites (tertiary alicyclic amines) is 1. The Hall–Kier alpha value is -4.95. The van der Waals surface area contributed by atoms with Crippen LogP contribution in [0.1, 0.15) is 69.8 Å². The smallest absolute Gasteiger partial charge is 0.378 e. The van der Waals surface area contributed by atoms with Gasteiger partial charge in [-0.1, -0.05) is 33.8 Å². The van der Waals surface area contributed by atoms with Gasteiger partial charge in [0.1, 0.15) is 30.5 Å². The summed E-state index contributed by atoms with van der Waals surface area (Å²) in [4.78, 5) is 70.4. The second kappa shape index (κ2) is 19.3. The number of urea groups is 1. The average Bonchev–Trinajstić information content (AvgIpc) is 3.82. The third-order valence-corrected chi connectivity index (χ3v) is 13.9. The van der Waals surface area contributed by atoms with E-state index in [-0.39, 0.29) is 50.6 Å². The maximum Gasteiger partial charge on any atom is 0.406 e. The summed E-state index contributed by atoms with van der Waals surface area (Å²) in [6.45, 7) is 9.49. The molecule has 0 radical (unpaired) electrons. The van der Waals surface area contributed by atoms with Crippen LogP contribution >= 0.6 is 11.3 Å². The van der Waals surface area contributed by atoms with Crippen LogP contribution in [0.3, 0.4) is 0 Å². The number of rotatable bonds is 10. The third kappa shape index (κ3) is 10.3. The highest BCUT2D eigenvalue weighted by Gasteiger charge is 2.43. The maximum atomic E-state index is 14.7. The Balaban J connectivity index is 1.32. The number of carbonyl (C=O) groups excluding carboxylic acids is 4. The molecule has 2 fully saturated rings. The Morgan fingerprint density at radius 2 is 1.88 bits per heavy atom. The van der Waals surface area contributed by atoms with Crippen molar-refractivity contribution in [3.05, 3.63) is 58.2 Å².